The second-order valence-corrected chi connectivity index (χ2v) is 3.52. The van der Waals surface area contributed by atoms with Crippen molar-refractivity contribution in [2.45, 2.75) is 19.8 Å². The fraction of sp³-hybridized carbons (Fsp3) is 0.667. The van der Waals surface area contributed by atoms with E-state index in [1.165, 1.54) is 11.3 Å². The zero-order valence-corrected chi connectivity index (χ0v) is 7.31. The van der Waals surface area contributed by atoms with Crippen LogP contribution in [0, 0.1) is 11.3 Å². The van der Waals surface area contributed by atoms with Crippen LogP contribution in [0.1, 0.15) is 19.8 Å². The topological polar surface area (TPSA) is 45.1 Å². The summed E-state index contributed by atoms with van der Waals surface area (Å²) < 4.78 is 5.38. The normalized spacial score (nSPS) is 29.8. The van der Waals surface area contributed by atoms with E-state index in [4.69, 9.17) is 10.1 Å². The van der Waals surface area contributed by atoms with Crippen LogP contribution in [0.2, 0.25) is 0 Å². The van der Waals surface area contributed by atoms with Gasteiger partial charge >= 0.3 is 0 Å². The number of hydrogen-bond acceptors (Lipinski definition) is 2. The summed E-state index contributed by atoms with van der Waals surface area (Å²) in [4.78, 5) is 0. The number of hydrogen-bond donors (Lipinski definition) is 2. The molecule has 66 valence electrons. The van der Waals surface area contributed by atoms with E-state index in [0.717, 1.165) is 26.1 Å². The summed E-state index contributed by atoms with van der Waals surface area (Å²) in [6.07, 6.45) is 1.78. The molecular weight excluding hydrogens is 152 g/mol. The number of nitrogens with one attached hydrogen (secondary N) is 2. The summed E-state index contributed by atoms with van der Waals surface area (Å²) in [5.74, 6) is 1.15. The van der Waals surface area contributed by atoms with E-state index in [-0.39, 0.29) is 0 Å². The monoisotopic (exact) mass is 166 g/mol. The zero-order chi connectivity index (χ0) is 8.55. The van der Waals surface area contributed by atoms with E-state index in [0.29, 0.717) is 11.8 Å². The largest absolute Gasteiger partial charge is 0.377 e. The van der Waals surface area contributed by atoms with E-state index < -0.39 is 0 Å². The lowest BCUT2D eigenvalue weighted by molar-refractivity contribution is 0.136. The Morgan fingerprint density at radius 2 is 2.42 bits per heavy atom. The maximum Gasteiger partial charge on any atom is 0.0979 e. The van der Waals surface area contributed by atoms with Crippen molar-refractivity contribution in [3.05, 3.63) is 11.3 Å². The third-order valence-electron chi connectivity index (χ3n) is 2.55. The highest BCUT2D eigenvalue weighted by atomic mass is 16.5. The summed E-state index contributed by atoms with van der Waals surface area (Å²) in [5.41, 5.74) is 2.61. The van der Waals surface area contributed by atoms with Crippen LogP contribution in [0.4, 0.5) is 0 Å². The first-order valence-electron chi connectivity index (χ1n) is 4.41. The molecule has 12 heavy (non-hydrogen) atoms. The van der Waals surface area contributed by atoms with Gasteiger partial charge in [0, 0.05) is 18.5 Å². The van der Waals surface area contributed by atoms with Crippen LogP contribution < -0.4 is 5.32 Å². The smallest absolute Gasteiger partial charge is 0.0979 e. The minimum Gasteiger partial charge on any atom is -0.377 e. The Morgan fingerprint density at radius 3 is 3.25 bits per heavy atom. The molecule has 0 saturated heterocycles. The van der Waals surface area contributed by atoms with Crippen molar-refractivity contribution in [2.75, 3.05) is 13.2 Å². The fourth-order valence-corrected chi connectivity index (χ4v) is 1.85. The van der Waals surface area contributed by atoms with E-state index in [2.05, 4.69) is 12.2 Å². The molecule has 0 aromatic heterocycles. The van der Waals surface area contributed by atoms with Crippen molar-refractivity contribution in [3.8, 4) is 0 Å². The molecule has 0 radical (unpaired) electrons. The molecule has 1 atom stereocenters. The fourth-order valence-electron chi connectivity index (χ4n) is 1.85. The van der Waals surface area contributed by atoms with Gasteiger partial charge < -0.3 is 10.1 Å². The highest BCUT2D eigenvalue weighted by Crippen LogP contribution is 2.26. The van der Waals surface area contributed by atoms with Crippen LogP contribution in [0.3, 0.4) is 0 Å². The Balaban J connectivity index is 2.26. The van der Waals surface area contributed by atoms with Crippen molar-refractivity contribution in [1.29, 1.82) is 5.41 Å². The Hall–Kier alpha value is -0.830. The van der Waals surface area contributed by atoms with Gasteiger partial charge in [0.25, 0.3) is 0 Å². The van der Waals surface area contributed by atoms with Crippen LogP contribution in [0.15, 0.2) is 11.3 Å². The van der Waals surface area contributed by atoms with Gasteiger partial charge in [-0.05, 0) is 11.5 Å². The highest BCUT2D eigenvalue weighted by Gasteiger charge is 2.24. The van der Waals surface area contributed by atoms with Crippen LogP contribution >= 0.6 is 0 Å². The van der Waals surface area contributed by atoms with Crippen molar-refractivity contribution >= 4 is 5.84 Å². The first kappa shape index (κ1) is 7.80. The van der Waals surface area contributed by atoms with Gasteiger partial charge in [-0.3, -0.25) is 5.41 Å². The van der Waals surface area contributed by atoms with Gasteiger partial charge in [-0.2, -0.15) is 0 Å². The molecule has 2 aliphatic rings. The molecular formula is C9H14N2O. The Bertz CT molecular complexity index is 245. The number of amidine groups is 1. The first-order valence-corrected chi connectivity index (χ1v) is 4.41. The molecule has 0 bridgehead atoms. The first-order chi connectivity index (χ1) is 5.77. The summed E-state index contributed by atoms with van der Waals surface area (Å²) in [6.45, 7) is 3.72. The molecule has 2 rings (SSSR count). The Kier molecular flexibility index (Phi) is 1.89. The number of ether oxygens (including phenoxy) is 1. The Morgan fingerprint density at radius 1 is 1.58 bits per heavy atom. The van der Waals surface area contributed by atoms with Crippen molar-refractivity contribution < 1.29 is 4.74 Å². The van der Waals surface area contributed by atoms with E-state index in [1.807, 2.05) is 0 Å². The summed E-state index contributed by atoms with van der Waals surface area (Å²) in [7, 11) is 0. The Labute approximate surface area is 72.3 Å². The average Bonchev–Trinajstić information content (AvgIpc) is 2.04. The SMILES string of the molecule is CC1CC(=N)NC2=C1COCC2. The average molecular weight is 166 g/mol. The predicted molar refractivity (Wildman–Crippen MR) is 47.1 cm³/mol. The van der Waals surface area contributed by atoms with Gasteiger partial charge in [-0.15, -0.1) is 0 Å². The third kappa shape index (κ3) is 1.25. The number of rotatable bonds is 0. The molecule has 2 N–H and O–H groups in total. The lowest BCUT2D eigenvalue weighted by Gasteiger charge is -2.31. The zero-order valence-electron chi connectivity index (χ0n) is 7.31. The molecule has 0 aromatic carbocycles. The maximum absolute atomic E-state index is 7.56. The van der Waals surface area contributed by atoms with E-state index in [1.54, 1.807) is 0 Å². The predicted octanol–water partition coefficient (Wildman–Crippen LogP) is 1.27. The van der Waals surface area contributed by atoms with Crippen LogP contribution in [0.25, 0.3) is 0 Å². The highest BCUT2D eigenvalue weighted by molar-refractivity contribution is 5.82. The second kappa shape index (κ2) is 2.90. The minimum atomic E-state index is 0.494. The molecule has 0 aliphatic carbocycles. The lowest BCUT2D eigenvalue weighted by atomic mass is 9.90. The molecule has 2 aliphatic heterocycles. The summed E-state index contributed by atoms with van der Waals surface area (Å²) in [6, 6.07) is 0. The molecule has 0 amide bonds. The van der Waals surface area contributed by atoms with Gasteiger partial charge in [-0.25, -0.2) is 0 Å². The molecule has 3 nitrogen and oxygen atoms in total. The molecule has 0 fully saturated rings. The van der Waals surface area contributed by atoms with Crippen molar-refractivity contribution in [1.82, 2.24) is 5.32 Å². The molecule has 0 aromatic rings. The van der Waals surface area contributed by atoms with E-state index >= 15 is 0 Å². The quantitative estimate of drug-likeness (QED) is 0.569. The summed E-state index contributed by atoms with van der Waals surface area (Å²) >= 11 is 0. The molecule has 0 spiro atoms. The third-order valence-corrected chi connectivity index (χ3v) is 2.55. The minimum absolute atomic E-state index is 0.494. The van der Waals surface area contributed by atoms with Gasteiger partial charge in [-0.1, -0.05) is 6.92 Å². The summed E-state index contributed by atoms with van der Waals surface area (Å²) in [5, 5.41) is 10.7. The van der Waals surface area contributed by atoms with Gasteiger partial charge in [0.05, 0.1) is 19.0 Å². The maximum atomic E-state index is 7.56. The van der Waals surface area contributed by atoms with Crippen molar-refractivity contribution in [2.24, 2.45) is 5.92 Å². The van der Waals surface area contributed by atoms with Gasteiger partial charge in [0.1, 0.15) is 0 Å². The van der Waals surface area contributed by atoms with Gasteiger partial charge in [0.2, 0.25) is 0 Å². The van der Waals surface area contributed by atoms with Crippen LogP contribution in [0.5, 0.6) is 0 Å². The van der Waals surface area contributed by atoms with Crippen LogP contribution in [-0.4, -0.2) is 19.0 Å². The van der Waals surface area contributed by atoms with Crippen LogP contribution in [-0.2, 0) is 4.74 Å². The van der Waals surface area contributed by atoms with Gasteiger partial charge in [0.15, 0.2) is 0 Å². The standard InChI is InChI=1S/C9H14N2O/c1-6-4-9(10)11-8-2-3-12-5-7(6)8/h6H,2-5H2,1H3,(H2,10,11). The second-order valence-electron chi connectivity index (χ2n) is 3.52. The van der Waals surface area contributed by atoms with E-state index in [9.17, 15) is 0 Å². The molecule has 0 saturated carbocycles. The molecule has 2 heterocycles. The molecule has 3 heteroatoms. The van der Waals surface area contributed by atoms with Crippen molar-refractivity contribution in [3.63, 3.8) is 0 Å². The lowest BCUT2D eigenvalue weighted by Crippen LogP contribution is -2.35. The molecule has 1 unspecified atom stereocenters.